The highest BCUT2D eigenvalue weighted by Gasteiger charge is 2.10. The van der Waals surface area contributed by atoms with Crippen molar-refractivity contribution in [3.8, 4) is 0 Å². The summed E-state index contributed by atoms with van der Waals surface area (Å²) in [5.74, 6) is 0.286. The third-order valence-corrected chi connectivity index (χ3v) is 1.93. The Hall–Kier alpha value is -1.56. The van der Waals surface area contributed by atoms with Crippen LogP contribution < -0.4 is 16.2 Å². The fraction of sp³-hybridized carbons (Fsp3) is 0.250. The number of hydrogen-bond donors (Lipinski definition) is 3. The molecule has 1 aromatic rings. The predicted octanol–water partition coefficient (Wildman–Crippen LogP) is 0.327. The molecule has 0 fully saturated rings. The van der Waals surface area contributed by atoms with Crippen LogP contribution in [0.4, 0.5) is 0 Å². The molecule has 1 amide bonds. The smallest absolute Gasteiger partial charge is 0.273 e. The summed E-state index contributed by atoms with van der Waals surface area (Å²) >= 11 is 4.78. The van der Waals surface area contributed by atoms with Crippen LogP contribution in [0.1, 0.15) is 16.1 Å². The summed E-state index contributed by atoms with van der Waals surface area (Å²) in [6.45, 7) is 1.71. The Bertz CT molecular complexity index is 348. The quantitative estimate of drug-likeness (QED) is 0.463. The summed E-state index contributed by atoms with van der Waals surface area (Å²) in [5.41, 5.74) is 5.43. The van der Waals surface area contributed by atoms with Crippen molar-refractivity contribution in [1.29, 1.82) is 0 Å². The second-order valence-corrected chi connectivity index (χ2v) is 2.96. The molecular formula is C8H11N3O2S. The van der Waals surface area contributed by atoms with Crippen LogP contribution in [-0.4, -0.2) is 18.1 Å². The highest BCUT2D eigenvalue weighted by molar-refractivity contribution is 7.80. The topological polar surface area (TPSA) is 66.3 Å². The van der Waals surface area contributed by atoms with Gasteiger partial charge in [-0.25, -0.2) is 0 Å². The van der Waals surface area contributed by atoms with Gasteiger partial charge >= 0.3 is 0 Å². The van der Waals surface area contributed by atoms with Crippen LogP contribution in [-0.2, 0) is 0 Å². The minimum absolute atomic E-state index is 0.283. The van der Waals surface area contributed by atoms with Crippen LogP contribution in [0.3, 0.4) is 0 Å². The molecule has 0 unspecified atom stereocenters. The first-order valence-corrected chi connectivity index (χ1v) is 4.38. The van der Waals surface area contributed by atoms with E-state index in [2.05, 4.69) is 16.2 Å². The molecule has 0 saturated heterocycles. The lowest BCUT2D eigenvalue weighted by Crippen LogP contribution is -2.45. The second kappa shape index (κ2) is 4.61. The van der Waals surface area contributed by atoms with Gasteiger partial charge in [-0.3, -0.25) is 15.6 Å². The lowest BCUT2D eigenvalue weighted by molar-refractivity contribution is 0.0942. The van der Waals surface area contributed by atoms with Crippen molar-refractivity contribution < 1.29 is 9.21 Å². The van der Waals surface area contributed by atoms with Crippen LogP contribution in [0.5, 0.6) is 0 Å². The number of aryl methyl sites for hydroxylation is 1. The Morgan fingerprint density at radius 3 is 2.71 bits per heavy atom. The number of nitrogens with one attached hydrogen (secondary N) is 3. The number of hydrazine groups is 1. The van der Waals surface area contributed by atoms with Gasteiger partial charge in [-0.05, 0) is 25.2 Å². The van der Waals surface area contributed by atoms with Crippen LogP contribution >= 0.6 is 12.2 Å². The Balaban J connectivity index is 2.52. The molecule has 1 rings (SSSR count). The maximum Gasteiger partial charge on any atom is 0.273 e. The molecule has 0 saturated carbocycles. The van der Waals surface area contributed by atoms with Crippen LogP contribution in [0.25, 0.3) is 0 Å². The van der Waals surface area contributed by atoms with Crippen molar-refractivity contribution >= 4 is 23.2 Å². The first-order chi connectivity index (χ1) is 6.65. The molecule has 1 heterocycles. The zero-order valence-electron chi connectivity index (χ0n) is 7.88. The summed E-state index contributed by atoms with van der Waals surface area (Å²) < 4.78 is 4.98. The first kappa shape index (κ1) is 10.5. The number of amides is 1. The van der Waals surface area contributed by atoms with Crippen molar-refractivity contribution in [1.82, 2.24) is 16.2 Å². The lowest BCUT2D eigenvalue weighted by atomic mass is 10.2. The number of hydrogen-bond acceptors (Lipinski definition) is 3. The average Bonchev–Trinajstić information content (AvgIpc) is 2.60. The Morgan fingerprint density at radius 2 is 2.21 bits per heavy atom. The van der Waals surface area contributed by atoms with E-state index >= 15 is 0 Å². The molecule has 0 aromatic carbocycles. The van der Waals surface area contributed by atoms with Crippen LogP contribution in [0.2, 0.25) is 0 Å². The molecule has 0 aliphatic heterocycles. The molecule has 0 aliphatic rings. The molecule has 5 nitrogen and oxygen atoms in total. The molecule has 6 heteroatoms. The summed E-state index contributed by atoms with van der Waals surface area (Å²) in [7, 11) is 1.66. The van der Waals surface area contributed by atoms with Crippen molar-refractivity contribution in [3.63, 3.8) is 0 Å². The summed E-state index contributed by atoms with van der Waals surface area (Å²) in [6, 6.07) is 1.59. The van der Waals surface area contributed by atoms with E-state index in [9.17, 15) is 4.79 Å². The molecule has 0 aliphatic carbocycles. The standard InChI is InChI=1S/C8H11N3O2S/c1-5-6(3-4-13-5)7(12)10-11-8(14)9-2/h3-4H,1-2H3,(H,10,12)(H2,9,11,14). The third-order valence-electron chi connectivity index (χ3n) is 1.62. The minimum Gasteiger partial charge on any atom is -0.469 e. The fourth-order valence-corrected chi connectivity index (χ4v) is 0.915. The molecular weight excluding hydrogens is 202 g/mol. The lowest BCUT2D eigenvalue weighted by Gasteiger charge is -2.07. The Kier molecular flexibility index (Phi) is 3.47. The second-order valence-electron chi connectivity index (χ2n) is 2.55. The molecule has 0 spiro atoms. The molecule has 0 bridgehead atoms. The van der Waals surface area contributed by atoms with Gasteiger partial charge in [0.1, 0.15) is 5.76 Å². The van der Waals surface area contributed by atoms with E-state index in [0.29, 0.717) is 16.4 Å². The Morgan fingerprint density at radius 1 is 1.50 bits per heavy atom. The largest absolute Gasteiger partial charge is 0.469 e. The minimum atomic E-state index is -0.283. The van der Waals surface area contributed by atoms with Crippen molar-refractivity contribution in [2.45, 2.75) is 6.92 Å². The van der Waals surface area contributed by atoms with E-state index in [4.69, 9.17) is 16.6 Å². The number of carbonyl (C=O) groups is 1. The van der Waals surface area contributed by atoms with Gasteiger partial charge in [0.2, 0.25) is 0 Å². The van der Waals surface area contributed by atoms with E-state index in [1.165, 1.54) is 6.26 Å². The third kappa shape index (κ3) is 2.46. The number of rotatable bonds is 1. The molecule has 1 aromatic heterocycles. The van der Waals surface area contributed by atoms with Gasteiger partial charge in [0.25, 0.3) is 5.91 Å². The summed E-state index contributed by atoms with van der Waals surface area (Å²) in [6.07, 6.45) is 1.46. The number of furan rings is 1. The van der Waals surface area contributed by atoms with E-state index in [-0.39, 0.29) is 5.91 Å². The monoisotopic (exact) mass is 213 g/mol. The van der Waals surface area contributed by atoms with Gasteiger partial charge < -0.3 is 9.73 Å². The van der Waals surface area contributed by atoms with Gasteiger partial charge in [0, 0.05) is 7.05 Å². The highest BCUT2D eigenvalue weighted by Crippen LogP contribution is 2.07. The zero-order chi connectivity index (χ0) is 10.6. The van der Waals surface area contributed by atoms with Gasteiger partial charge in [-0.15, -0.1) is 0 Å². The van der Waals surface area contributed by atoms with Crippen molar-refractivity contribution in [2.24, 2.45) is 0 Å². The average molecular weight is 213 g/mol. The summed E-state index contributed by atoms with van der Waals surface area (Å²) in [5, 5.41) is 3.01. The number of carbonyl (C=O) groups excluding carboxylic acids is 1. The molecule has 0 atom stereocenters. The molecule has 0 radical (unpaired) electrons. The predicted molar refractivity (Wildman–Crippen MR) is 55.7 cm³/mol. The van der Waals surface area contributed by atoms with Crippen molar-refractivity contribution in [2.75, 3.05) is 7.05 Å². The van der Waals surface area contributed by atoms with E-state index in [0.717, 1.165) is 0 Å². The maximum absolute atomic E-state index is 11.4. The van der Waals surface area contributed by atoms with Gasteiger partial charge in [0.15, 0.2) is 5.11 Å². The maximum atomic E-state index is 11.4. The van der Waals surface area contributed by atoms with E-state index < -0.39 is 0 Å². The van der Waals surface area contributed by atoms with Crippen molar-refractivity contribution in [3.05, 3.63) is 23.7 Å². The molecule has 76 valence electrons. The fourth-order valence-electron chi connectivity index (χ4n) is 0.864. The summed E-state index contributed by atoms with van der Waals surface area (Å²) in [4.78, 5) is 11.4. The molecule has 3 N–H and O–H groups in total. The molecule has 14 heavy (non-hydrogen) atoms. The number of thiocarbonyl (C=S) groups is 1. The van der Waals surface area contributed by atoms with Gasteiger partial charge in [-0.1, -0.05) is 0 Å². The van der Waals surface area contributed by atoms with Crippen LogP contribution in [0.15, 0.2) is 16.7 Å². The zero-order valence-corrected chi connectivity index (χ0v) is 8.70. The van der Waals surface area contributed by atoms with Crippen LogP contribution in [0, 0.1) is 6.92 Å². The van der Waals surface area contributed by atoms with Gasteiger partial charge in [0.05, 0.1) is 11.8 Å². The first-order valence-electron chi connectivity index (χ1n) is 3.97. The highest BCUT2D eigenvalue weighted by atomic mass is 32.1. The van der Waals surface area contributed by atoms with E-state index in [1.54, 1.807) is 20.0 Å². The van der Waals surface area contributed by atoms with E-state index in [1.807, 2.05) is 0 Å². The SMILES string of the molecule is CNC(=S)NNC(=O)c1ccoc1C. The normalized spacial score (nSPS) is 9.29. The van der Waals surface area contributed by atoms with Gasteiger partial charge in [-0.2, -0.15) is 0 Å². The Labute approximate surface area is 86.8 Å².